The predicted molar refractivity (Wildman–Crippen MR) is 79.8 cm³/mol. The third-order valence-electron chi connectivity index (χ3n) is 3.26. The fourth-order valence-electron chi connectivity index (χ4n) is 2.22. The number of nitrogens with one attached hydrogen (secondary N) is 1. The van der Waals surface area contributed by atoms with Gasteiger partial charge in [0.1, 0.15) is 5.82 Å². The van der Waals surface area contributed by atoms with Crippen LogP contribution in [-0.4, -0.2) is 4.98 Å². The van der Waals surface area contributed by atoms with E-state index in [1.54, 1.807) is 17.4 Å². The summed E-state index contributed by atoms with van der Waals surface area (Å²) in [5.41, 5.74) is 5.68. The Labute approximate surface area is 120 Å². The molecule has 0 aliphatic heterocycles. The van der Waals surface area contributed by atoms with Gasteiger partial charge in [0.25, 0.3) is 0 Å². The molecule has 0 saturated carbocycles. The lowest BCUT2D eigenvalue weighted by atomic mass is 10.0. The molecule has 0 aliphatic rings. The van der Waals surface area contributed by atoms with E-state index in [-0.39, 0.29) is 11.9 Å². The van der Waals surface area contributed by atoms with Gasteiger partial charge < -0.3 is 0 Å². The van der Waals surface area contributed by atoms with Crippen LogP contribution in [-0.2, 0) is 6.42 Å². The summed E-state index contributed by atoms with van der Waals surface area (Å²) in [6, 6.07) is 10.5. The quantitative estimate of drug-likeness (QED) is 0.572. The molecule has 0 saturated heterocycles. The van der Waals surface area contributed by atoms with Crippen molar-refractivity contribution >= 4 is 21.6 Å². The second kappa shape index (κ2) is 5.66. The van der Waals surface area contributed by atoms with E-state index >= 15 is 0 Å². The van der Waals surface area contributed by atoms with Crippen LogP contribution in [0.2, 0.25) is 0 Å². The van der Waals surface area contributed by atoms with E-state index in [0.717, 1.165) is 21.3 Å². The molecule has 0 spiro atoms. The van der Waals surface area contributed by atoms with Crippen LogP contribution in [0.5, 0.6) is 0 Å². The number of nitrogens with zero attached hydrogens (tertiary/aromatic N) is 1. The van der Waals surface area contributed by atoms with Crippen molar-refractivity contribution in [1.29, 1.82) is 0 Å². The molecule has 1 atom stereocenters. The number of benzene rings is 1. The molecule has 1 unspecified atom stereocenters. The molecule has 3 rings (SSSR count). The third kappa shape index (κ3) is 2.70. The molecule has 5 heteroatoms. The maximum Gasteiger partial charge on any atom is 0.123 e. The first kappa shape index (κ1) is 13.2. The monoisotopic (exact) mass is 287 g/mol. The van der Waals surface area contributed by atoms with E-state index in [1.165, 1.54) is 12.1 Å². The standard InChI is InChI=1S/C15H14FN3S/c16-12-3-1-2-10(6-12)7-14(19-17)11-8-15-13(18-9-11)4-5-20-15/h1-6,8-9,14,19H,7,17H2. The Bertz CT molecular complexity index is 726. The molecule has 2 aromatic heterocycles. The van der Waals surface area contributed by atoms with Gasteiger partial charge in [0.2, 0.25) is 0 Å². The molecular weight excluding hydrogens is 273 g/mol. The van der Waals surface area contributed by atoms with Gasteiger partial charge in [-0.3, -0.25) is 16.3 Å². The fraction of sp³-hybridized carbons (Fsp3) is 0.133. The SMILES string of the molecule is NNC(Cc1cccc(F)c1)c1cnc2ccsc2c1. The summed E-state index contributed by atoms with van der Waals surface area (Å²) >= 11 is 1.65. The van der Waals surface area contributed by atoms with E-state index in [4.69, 9.17) is 5.84 Å². The Morgan fingerprint density at radius 1 is 1.30 bits per heavy atom. The van der Waals surface area contributed by atoms with Crippen LogP contribution in [0.4, 0.5) is 4.39 Å². The van der Waals surface area contributed by atoms with Crippen LogP contribution in [0.1, 0.15) is 17.2 Å². The van der Waals surface area contributed by atoms with E-state index in [0.29, 0.717) is 6.42 Å². The minimum absolute atomic E-state index is 0.0872. The second-order valence-corrected chi connectivity index (χ2v) is 5.57. The van der Waals surface area contributed by atoms with Crippen molar-refractivity contribution in [3.63, 3.8) is 0 Å². The van der Waals surface area contributed by atoms with Gasteiger partial charge in [-0.05, 0) is 47.2 Å². The summed E-state index contributed by atoms with van der Waals surface area (Å²) in [6.45, 7) is 0. The zero-order valence-electron chi connectivity index (χ0n) is 10.7. The van der Waals surface area contributed by atoms with Gasteiger partial charge in [-0.15, -0.1) is 11.3 Å². The number of rotatable bonds is 4. The Morgan fingerprint density at radius 2 is 2.20 bits per heavy atom. The summed E-state index contributed by atoms with van der Waals surface area (Å²) in [5.74, 6) is 5.41. The van der Waals surface area contributed by atoms with Gasteiger partial charge in [-0.2, -0.15) is 0 Å². The summed E-state index contributed by atoms with van der Waals surface area (Å²) in [7, 11) is 0. The smallest absolute Gasteiger partial charge is 0.123 e. The predicted octanol–water partition coefficient (Wildman–Crippen LogP) is 3.18. The maximum atomic E-state index is 13.2. The Kier molecular flexibility index (Phi) is 3.73. The van der Waals surface area contributed by atoms with Crippen LogP contribution in [0.15, 0.2) is 48.0 Å². The summed E-state index contributed by atoms with van der Waals surface area (Å²) in [4.78, 5) is 4.41. The number of pyridine rings is 1. The summed E-state index contributed by atoms with van der Waals surface area (Å²) < 4.78 is 14.4. The van der Waals surface area contributed by atoms with E-state index in [2.05, 4.69) is 16.5 Å². The van der Waals surface area contributed by atoms with Crippen LogP contribution in [0.25, 0.3) is 10.2 Å². The molecule has 0 radical (unpaired) electrons. The molecule has 0 amide bonds. The largest absolute Gasteiger partial charge is 0.271 e. The number of aromatic nitrogens is 1. The zero-order chi connectivity index (χ0) is 13.9. The number of fused-ring (bicyclic) bond motifs is 1. The van der Waals surface area contributed by atoms with Gasteiger partial charge in [0.15, 0.2) is 0 Å². The van der Waals surface area contributed by atoms with Crippen molar-refractivity contribution in [3.05, 3.63) is 64.9 Å². The topological polar surface area (TPSA) is 50.9 Å². The molecule has 2 heterocycles. The normalized spacial score (nSPS) is 12.7. The minimum Gasteiger partial charge on any atom is -0.271 e. The number of hydrogen-bond donors (Lipinski definition) is 2. The molecule has 102 valence electrons. The Morgan fingerprint density at radius 3 is 3.00 bits per heavy atom. The lowest BCUT2D eigenvalue weighted by molar-refractivity contribution is 0.548. The highest BCUT2D eigenvalue weighted by Crippen LogP contribution is 2.24. The lowest BCUT2D eigenvalue weighted by Crippen LogP contribution is -2.29. The van der Waals surface area contributed by atoms with Crippen LogP contribution < -0.4 is 11.3 Å². The third-order valence-corrected chi connectivity index (χ3v) is 4.11. The first-order chi connectivity index (χ1) is 9.76. The highest BCUT2D eigenvalue weighted by molar-refractivity contribution is 7.17. The highest BCUT2D eigenvalue weighted by Gasteiger charge is 2.12. The van der Waals surface area contributed by atoms with E-state index < -0.39 is 0 Å². The second-order valence-electron chi connectivity index (χ2n) is 4.63. The number of hydrazine groups is 1. The molecule has 0 aliphatic carbocycles. The molecule has 20 heavy (non-hydrogen) atoms. The van der Waals surface area contributed by atoms with Gasteiger partial charge in [-0.25, -0.2) is 4.39 Å². The van der Waals surface area contributed by atoms with Gasteiger partial charge >= 0.3 is 0 Å². The number of halogens is 1. The van der Waals surface area contributed by atoms with Crippen molar-refractivity contribution in [2.24, 2.45) is 5.84 Å². The average Bonchev–Trinajstić information content (AvgIpc) is 2.92. The molecule has 3 aromatic rings. The summed E-state index contributed by atoms with van der Waals surface area (Å²) in [6.07, 6.45) is 2.44. The lowest BCUT2D eigenvalue weighted by Gasteiger charge is -2.16. The molecule has 0 bridgehead atoms. The van der Waals surface area contributed by atoms with Gasteiger partial charge in [-0.1, -0.05) is 12.1 Å². The van der Waals surface area contributed by atoms with E-state index in [9.17, 15) is 4.39 Å². The van der Waals surface area contributed by atoms with Crippen LogP contribution in [0.3, 0.4) is 0 Å². The van der Waals surface area contributed by atoms with Gasteiger partial charge in [0, 0.05) is 6.20 Å². The van der Waals surface area contributed by atoms with Crippen LogP contribution >= 0.6 is 11.3 Å². The zero-order valence-corrected chi connectivity index (χ0v) is 11.5. The minimum atomic E-state index is -0.231. The Balaban J connectivity index is 1.88. The van der Waals surface area contributed by atoms with Gasteiger partial charge in [0.05, 0.1) is 16.3 Å². The van der Waals surface area contributed by atoms with Crippen molar-refractivity contribution in [2.45, 2.75) is 12.5 Å². The fourth-order valence-corrected chi connectivity index (χ4v) is 3.01. The first-order valence-electron chi connectivity index (χ1n) is 6.30. The highest BCUT2D eigenvalue weighted by atomic mass is 32.1. The van der Waals surface area contributed by atoms with Crippen molar-refractivity contribution in [3.8, 4) is 0 Å². The molecular formula is C15H14FN3S. The summed E-state index contributed by atoms with van der Waals surface area (Å²) in [5, 5.41) is 2.01. The first-order valence-corrected chi connectivity index (χ1v) is 7.18. The van der Waals surface area contributed by atoms with E-state index in [1.807, 2.05) is 23.7 Å². The molecule has 3 N–H and O–H groups in total. The van der Waals surface area contributed by atoms with Crippen molar-refractivity contribution in [2.75, 3.05) is 0 Å². The van der Waals surface area contributed by atoms with Crippen molar-refractivity contribution in [1.82, 2.24) is 10.4 Å². The maximum absolute atomic E-state index is 13.2. The van der Waals surface area contributed by atoms with Crippen LogP contribution in [0, 0.1) is 5.82 Å². The number of thiophene rings is 1. The molecule has 0 fully saturated rings. The molecule has 1 aromatic carbocycles. The Hall–Kier alpha value is -1.82. The van der Waals surface area contributed by atoms with Crippen molar-refractivity contribution < 1.29 is 4.39 Å². The number of nitrogens with two attached hydrogens (primary N) is 1. The average molecular weight is 287 g/mol. The molecule has 3 nitrogen and oxygen atoms in total. The number of hydrogen-bond acceptors (Lipinski definition) is 4.